The minimum Gasteiger partial charge on any atom is -0.377 e. The molecule has 0 aromatic heterocycles. The molecule has 0 aromatic rings. The molecule has 4 aliphatic rings. The van der Waals surface area contributed by atoms with Gasteiger partial charge in [0, 0.05) is 43.6 Å². The predicted molar refractivity (Wildman–Crippen MR) is 104 cm³/mol. The first-order chi connectivity index (χ1) is 12.4. The summed E-state index contributed by atoms with van der Waals surface area (Å²) in [4.78, 5) is 7.32. The van der Waals surface area contributed by atoms with E-state index in [2.05, 4.69) is 37.9 Å². The molecule has 1 N–H and O–H groups in total. The monoisotopic (exact) mass is 363 g/mol. The van der Waals surface area contributed by atoms with Gasteiger partial charge in [-0.15, -0.1) is 0 Å². The Hall–Kier alpha value is -0.810. The van der Waals surface area contributed by atoms with E-state index >= 15 is 0 Å². The van der Waals surface area contributed by atoms with Gasteiger partial charge in [-0.3, -0.25) is 4.99 Å². The van der Waals surface area contributed by atoms with Crippen LogP contribution in [0.4, 0.5) is 0 Å². The molecule has 26 heavy (non-hydrogen) atoms. The Bertz CT molecular complexity index is 530. The molecule has 0 aromatic carbocycles. The number of hydrogen-bond donors (Lipinski definition) is 1. The first kappa shape index (κ1) is 18.5. The van der Waals surface area contributed by atoms with E-state index in [1.165, 1.54) is 25.7 Å². The zero-order valence-electron chi connectivity index (χ0n) is 17.1. The van der Waals surface area contributed by atoms with E-state index in [0.29, 0.717) is 29.6 Å². The van der Waals surface area contributed by atoms with Crippen LogP contribution >= 0.6 is 0 Å². The van der Waals surface area contributed by atoms with Crippen molar-refractivity contribution in [1.82, 2.24) is 10.2 Å². The number of guanidine groups is 1. The molecule has 3 atom stereocenters. The molecule has 2 saturated carbocycles. The van der Waals surface area contributed by atoms with Gasteiger partial charge < -0.3 is 19.7 Å². The van der Waals surface area contributed by atoms with Crippen molar-refractivity contribution in [2.24, 2.45) is 16.3 Å². The van der Waals surface area contributed by atoms with E-state index in [9.17, 15) is 0 Å². The molecule has 4 fully saturated rings. The summed E-state index contributed by atoms with van der Waals surface area (Å²) in [5, 5.41) is 3.91. The number of aliphatic imine (C=N–C) groups is 1. The van der Waals surface area contributed by atoms with Gasteiger partial charge in [-0.25, -0.2) is 0 Å². The third-order valence-corrected chi connectivity index (χ3v) is 6.89. The molecular weight excluding hydrogens is 326 g/mol. The van der Waals surface area contributed by atoms with Crippen molar-refractivity contribution < 1.29 is 9.47 Å². The number of rotatable bonds is 3. The fourth-order valence-electron chi connectivity index (χ4n) is 5.67. The van der Waals surface area contributed by atoms with E-state index in [1.54, 1.807) is 0 Å². The Kier molecular flexibility index (Phi) is 4.98. The van der Waals surface area contributed by atoms with Crippen LogP contribution in [0.2, 0.25) is 0 Å². The van der Waals surface area contributed by atoms with Gasteiger partial charge in [-0.2, -0.15) is 0 Å². The van der Waals surface area contributed by atoms with Crippen molar-refractivity contribution in [3.05, 3.63) is 0 Å². The van der Waals surface area contributed by atoms with Crippen molar-refractivity contribution in [3.63, 3.8) is 0 Å². The molecule has 5 nitrogen and oxygen atoms in total. The highest BCUT2D eigenvalue weighted by Crippen LogP contribution is 2.62. The number of ether oxygens (including phenoxy) is 2. The number of hydrogen-bond acceptors (Lipinski definition) is 3. The van der Waals surface area contributed by atoms with E-state index in [4.69, 9.17) is 14.5 Å². The summed E-state index contributed by atoms with van der Waals surface area (Å²) in [5.41, 5.74) is 0.356. The zero-order valence-corrected chi connectivity index (χ0v) is 17.1. The Labute approximate surface area is 158 Å². The fourth-order valence-corrected chi connectivity index (χ4v) is 5.67. The van der Waals surface area contributed by atoms with Crippen LogP contribution in [-0.4, -0.2) is 61.0 Å². The molecule has 0 bridgehead atoms. The predicted octanol–water partition coefficient (Wildman–Crippen LogP) is 3.19. The maximum atomic E-state index is 6.19. The first-order valence-corrected chi connectivity index (χ1v) is 10.8. The smallest absolute Gasteiger partial charge is 0.194 e. The maximum Gasteiger partial charge on any atom is 0.194 e. The SMILES string of the molecule is CCN=C(NC1C2CCOC2C12CCC2)N1CCC(OC(C)(C)C)CC1. The van der Waals surface area contributed by atoms with Crippen LogP contribution in [-0.2, 0) is 9.47 Å². The summed E-state index contributed by atoms with van der Waals surface area (Å²) in [6.45, 7) is 12.5. The molecule has 148 valence electrons. The molecule has 0 radical (unpaired) electrons. The molecule has 2 saturated heterocycles. The molecule has 2 heterocycles. The van der Waals surface area contributed by atoms with Crippen molar-refractivity contribution in [2.75, 3.05) is 26.2 Å². The Balaban J connectivity index is 1.38. The van der Waals surface area contributed by atoms with Crippen LogP contribution in [0.25, 0.3) is 0 Å². The van der Waals surface area contributed by atoms with Gasteiger partial charge in [0.25, 0.3) is 0 Å². The fraction of sp³-hybridized carbons (Fsp3) is 0.952. The quantitative estimate of drug-likeness (QED) is 0.618. The van der Waals surface area contributed by atoms with Crippen molar-refractivity contribution >= 4 is 5.96 Å². The Morgan fingerprint density at radius 1 is 1.23 bits per heavy atom. The summed E-state index contributed by atoms with van der Waals surface area (Å²) in [5.74, 6) is 1.82. The standard InChI is InChI=1S/C21H37N3O2/c1-5-22-19(24-12-7-15(8-13-24)26-20(2,3)4)23-17-16-9-14-25-18(16)21(17)10-6-11-21/h15-18H,5-14H2,1-4H3,(H,22,23). The van der Waals surface area contributed by atoms with Gasteiger partial charge >= 0.3 is 0 Å². The second kappa shape index (κ2) is 6.97. The number of nitrogens with one attached hydrogen (secondary N) is 1. The lowest BCUT2D eigenvalue weighted by molar-refractivity contribution is -0.171. The summed E-state index contributed by atoms with van der Waals surface area (Å²) in [6.07, 6.45) is 8.30. The largest absolute Gasteiger partial charge is 0.377 e. The van der Waals surface area contributed by atoms with Gasteiger partial charge in [-0.1, -0.05) is 6.42 Å². The minimum atomic E-state index is -0.0502. The average Bonchev–Trinajstić information content (AvgIpc) is 2.94. The van der Waals surface area contributed by atoms with Gasteiger partial charge in [0.05, 0.1) is 17.8 Å². The van der Waals surface area contributed by atoms with Crippen LogP contribution < -0.4 is 5.32 Å². The van der Waals surface area contributed by atoms with Crippen LogP contribution in [0.5, 0.6) is 0 Å². The van der Waals surface area contributed by atoms with Gasteiger partial charge in [0.15, 0.2) is 5.96 Å². The van der Waals surface area contributed by atoms with Gasteiger partial charge in [-0.05, 0) is 59.8 Å². The number of fused-ring (bicyclic) bond motifs is 2. The van der Waals surface area contributed by atoms with Crippen molar-refractivity contribution in [2.45, 2.75) is 90.1 Å². The van der Waals surface area contributed by atoms with Crippen molar-refractivity contribution in [1.29, 1.82) is 0 Å². The van der Waals surface area contributed by atoms with E-state index in [-0.39, 0.29) is 5.60 Å². The second-order valence-electron chi connectivity index (χ2n) is 9.67. The normalized spacial score (nSPS) is 34.4. The lowest BCUT2D eigenvalue weighted by Gasteiger charge is -2.63. The maximum absolute atomic E-state index is 6.19. The second-order valence-corrected chi connectivity index (χ2v) is 9.67. The molecular formula is C21H37N3O2. The van der Waals surface area contributed by atoms with Crippen LogP contribution in [0.1, 0.15) is 66.2 Å². The van der Waals surface area contributed by atoms with E-state index < -0.39 is 0 Å². The zero-order chi connectivity index (χ0) is 18.4. The minimum absolute atomic E-state index is 0.0502. The third kappa shape index (κ3) is 3.26. The molecule has 0 amide bonds. The molecule has 1 spiro atoms. The molecule has 2 aliphatic heterocycles. The third-order valence-electron chi connectivity index (χ3n) is 6.89. The highest BCUT2D eigenvalue weighted by molar-refractivity contribution is 5.80. The Morgan fingerprint density at radius 2 is 1.96 bits per heavy atom. The van der Waals surface area contributed by atoms with Crippen LogP contribution in [0.15, 0.2) is 4.99 Å². The number of piperidine rings is 1. The highest BCUT2D eigenvalue weighted by atomic mass is 16.5. The lowest BCUT2D eigenvalue weighted by Crippen LogP contribution is -2.72. The number of likely N-dealkylation sites (tertiary alicyclic amines) is 1. The summed E-state index contributed by atoms with van der Waals surface area (Å²) >= 11 is 0. The van der Waals surface area contributed by atoms with Crippen LogP contribution in [0.3, 0.4) is 0 Å². The highest BCUT2D eigenvalue weighted by Gasteiger charge is 2.66. The molecule has 4 rings (SSSR count). The van der Waals surface area contributed by atoms with Gasteiger partial charge in [0.1, 0.15) is 0 Å². The first-order valence-electron chi connectivity index (χ1n) is 10.8. The summed E-state index contributed by atoms with van der Waals surface area (Å²) < 4.78 is 12.3. The summed E-state index contributed by atoms with van der Waals surface area (Å²) in [7, 11) is 0. The topological polar surface area (TPSA) is 46.1 Å². The van der Waals surface area contributed by atoms with Crippen molar-refractivity contribution in [3.8, 4) is 0 Å². The summed E-state index contributed by atoms with van der Waals surface area (Å²) in [6, 6.07) is 0.567. The average molecular weight is 364 g/mol. The van der Waals surface area contributed by atoms with E-state index in [1.807, 2.05) is 0 Å². The van der Waals surface area contributed by atoms with E-state index in [0.717, 1.165) is 45.0 Å². The lowest BCUT2D eigenvalue weighted by atomic mass is 9.46. The molecule has 5 heteroatoms. The number of nitrogens with zero attached hydrogens (tertiary/aromatic N) is 2. The Morgan fingerprint density at radius 3 is 2.54 bits per heavy atom. The molecule has 2 aliphatic carbocycles. The van der Waals surface area contributed by atoms with Crippen LogP contribution in [0, 0.1) is 11.3 Å². The van der Waals surface area contributed by atoms with Gasteiger partial charge in [0.2, 0.25) is 0 Å². The molecule has 3 unspecified atom stereocenters.